The third kappa shape index (κ3) is 5.83. The fourth-order valence-electron chi connectivity index (χ4n) is 2.51. The first-order valence-electron chi connectivity index (χ1n) is 6.07. The smallest absolute Gasteiger partial charge is 0.106 e. The predicted octanol–water partition coefficient (Wildman–Crippen LogP) is 2.38. The second kappa shape index (κ2) is 5.99. The van der Waals surface area contributed by atoms with Gasteiger partial charge < -0.3 is 15.6 Å². The summed E-state index contributed by atoms with van der Waals surface area (Å²) in [5.41, 5.74) is 6.33. The van der Waals surface area contributed by atoms with Gasteiger partial charge in [-0.15, -0.1) is 0 Å². The molecule has 0 aromatic heterocycles. The lowest BCUT2D eigenvalue weighted by molar-refractivity contribution is -0.0164. The van der Waals surface area contributed by atoms with Gasteiger partial charge in [-0.2, -0.15) is 0 Å². The van der Waals surface area contributed by atoms with E-state index in [2.05, 4.69) is 41.5 Å². The first-order valence-corrected chi connectivity index (χ1v) is 6.07. The molecule has 0 aliphatic rings. The Hall–Kier alpha value is -0.120. The summed E-state index contributed by atoms with van der Waals surface area (Å²) < 4.78 is 5.34. The van der Waals surface area contributed by atoms with E-state index in [0.29, 0.717) is 12.5 Å². The number of nitrogens with two attached hydrogens (primary N) is 1. The highest BCUT2D eigenvalue weighted by molar-refractivity contribution is 4.84. The standard InChI is InChI=1S/C13H29NO2/c1-12(2,3)10(13(4,5)6)9-11(14)16-8-7-15/h10-11,15H,7-9,14H2,1-6H3. The van der Waals surface area contributed by atoms with Crippen LogP contribution in [0.15, 0.2) is 0 Å². The molecule has 0 saturated carbocycles. The molecule has 3 nitrogen and oxygen atoms in total. The maximum Gasteiger partial charge on any atom is 0.106 e. The highest BCUT2D eigenvalue weighted by Gasteiger charge is 2.35. The third-order valence-electron chi connectivity index (χ3n) is 2.98. The Balaban J connectivity index is 4.45. The van der Waals surface area contributed by atoms with Crippen LogP contribution < -0.4 is 5.73 Å². The van der Waals surface area contributed by atoms with Crippen molar-refractivity contribution in [2.75, 3.05) is 13.2 Å². The van der Waals surface area contributed by atoms with Crippen LogP contribution in [-0.2, 0) is 4.74 Å². The van der Waals surface area contributed by atoms with E-state index < -0.39 is 0 Å². The lowest BCUT2D eigenvalue weighted by Gasteiger charge is -2.42. The van der Waals surface area contributed by atoms with Gasteiger partial charge in [0.1, 0.15) is 6.23 Å². The molecule has 1 unspecified atom stereocenters. The van der Waals surface area contributed by atoms with Crippen molar-refractivity contribution in [2.45, 2.75) is 54.2 Å². The van der Waals surface area contributed by atoms with Crippen molar-refractivity contribution in [2.24, 2.45) is 22.5 Å². The average molecular weight is 231 g/mol. The van der Waals surface area contributed by atoms with Crippen molar-refractivity contribution in [1.29, 1.82) is 0 Å². The van der Waals surface area contributed by atoms with Crippen LogP contribution in [0.4, 0.5) is 0 Å². The highest BCUT2D eigenvalue weighted by atomic mass is 16.5. The summed E-state index contributed by atoms with van der Waals surface area (Å²) in [6.45, 7) is 13.8. The van der Waals surface area contributed by atoms with Gasteiger partial charge in [0.25, 0.3) is 0 Å². The van der Waals surface area contributed by atoms with E-state index in [1.165, 1.54) is 0 Å². The third-order valence-corrected chi connectivity index (χ3v) is 2.98. The summed E-state index contributed by atoms with van der Waals surface area (Å²) in [6, 6.07) is 0. The molecule has 3 N–H and O–H groups in total. The molecule has 0 fully saturated rings. The minimum Gasteiger partial charge on any atom is -0.394 e. The molecular weight excluding hydrogens is 202 g/mol. The first kappa shape index (κ1) is 15.9. The van der Waals surface area contributed by atoms with Gasteiger partial charge in [-0.25, -0.2) is 0 Å². The fraction of sp³-hybridized carbons (Fsp3) is 1.00. The van der Waals surface area contributed by atoms with E-state index in [4.69, 9.17) is 15.6 Å². The second-order valence-corrected chi connectivity index (χ2v) is 6.65. The molecule has 0 aromatic carbocycles. The molecular formula is C13H29NO2. The van der Waals surface area contributed by atoms with Gasteiger partial charge in [-0.3, -0.25) is 0 Å². The van der Waals surface area contributed by atoms with Crippen LogP contribution in [-0.4, -0.2) is 24.5 Å². The van der Waals surface area contributed by atoms with Crippen LogP contribution in [0.1, 0.15) is 48.0 Å². The van der Waals surface area contributed by atoms with Crippen molar-refractivity contribution >= 4 is 0 Å². The van der Waals surface area contributed by atoms with Crippen LogP contribution in [0.2, 0.25) is 0 Å². The Morgan fingerprint density at radius 2 is 1.50 bits per heavy atom. The summed E-state index contributed by atoms with van der Waals surface area (Å²) in [7, 11) is 0. The Morgan fingerprint density at radius 3 is 1.81 bits per heavy atom. The molecule has 0 aliphatic heterocycles. The number of hydrogen-bond donors (Lipinski definition) is 2. The van der Waals surface area contributed by atoms with Gasteiger partial charge in [0.05, 0.1) is 13.2 Å². The highest BCUT2D eigenvalue weighted by Crippen LogP contribution is 2.42. The van der Waals surface area contributed by atoms with E-state index in [1.54, 1.807) is 0 Å². The van der Waals surface area contributed by atoms with Crippen LogP contribution in [0.3, 0.4) is 0 Å². The first-order chi connectivity index (χ1) is 7.09. The van der Waals surface area contributed by atoms with Crippen molar-refractivity contribution < 1.29 is 9.84 Å². The van der Waals surface area contributed by atoms with E-state index in [-0.39, 0.29) is 23.7 Å². The van der Waals surface area contributed by atoms with Crippen LogP contribution in [0.5, 0.6) is 0 Å². The van der Waals surface area contributed by atoms with E-state index in [9.17, 15) is 0 Å². The second-order valence-electron chi connectivity index (χ2n) is 6.65. The van der Waals surface area contributed by atoms with Gasteiger partial charge in [-0.05, 0) is 23.2 Å². The monoisotopic (exact) mass is 231 g/mol. The Kier molecular flexibility index (Phi) is 5.94. The van der Waals surface area contributed by atoms with Crippen LogP contribution in [0, 0.1) is 16.7 Å². The van der Waals surface area contributed by atoms with Crippen molar-refractivity contribution in [3.05, 3.63) is 0 Å². The zero-order valence-electron chi connectivity index (χ0n) is 11.7. The maximum absolute atomic E-state index is 8.69. The van der Waals surface area contributed by atoms with Gasteiger partial charge in [-0.1, -0.05) is 41.5 Å². The van der Waals surface area contributed by atoms with E-state index in [1.807, 2.05) is 0 Å². The molecule has 0 saturated heterocycles. The van der Waals surface area contributed by atoms with Gasteiger partial charge in [0.2, 0.25) is 0 Å². The molecule has 0 aromatic rings. The summed E-state index contributed by atoms with van der Waals surface area (Å²) in [5.74, 6) is 0.480. The summed E-state index contributed by atoms with van der Waals surface area (Å²) in [5, 5.41) is 8.69. The lowest BCUT2D eigenvalue weighted by atomic mass is 9.65. The molecule has 0 heterocycles. The minimum atomic E-state index is -0.282. The Labute approximate surface area is 100 Å². The van der Waals surface area contributed by atoms with Gasteiger partial charge in [0.15, 0.2) is 0 Å². The maximum atomic E-state index is 8.69. The molecule has 0 amide bonds. The lowest BCUT2D eigenvalue weighted by Crippen LogP contribution is -2.39. The normalized spacial score (nSPS) is 15.6. The topological polar surface area (TPSA) is 55.5 Å². The SMILES string of the molecule is CC(C)(C)C(CC(N)OCCO)C(C)(C)C. The predicted molar refractivity (Wildman–Crippen MR) is 68.0 cm³/mol. The zero-order valence-corrected chi connectivity index (χ0v) is 11.7. The van der Waals surface area contributed by atoms with Gasteiger partial charge >= 0.3 is 0 Å². The molecule has 0 radical (unpaired) electrons. The largest absolute Gasteiger partial charge is 0.394 e. The molecule has 0 spiro atoms. The fourth-order valence-corrected chi connectivity index (χ4v) is 2.51. The van der Waals surface area contributed by atoms with Crippen molar-refractivity contribution in [3.8, 4) is 0 Å². The van der Waals surface area contributed by atoms with Crippen LogP contribution in [0.25, 0.3) is 0 Å². The van der Waals surface area contributed by atoms with Crippen molar-refractivity contribution in [1.82, 2.24) is 0 Å². The van der Waals surface area contributed by atoms with E-state index in [0.717, 1.165) is 6.42 Å². The molecule has 0 rings (SSSR count). The summed E-state index contributed by atoms with van der Waals surface area (Å²) in [4.78, 5) is 0. The molecule has 98 valence electrons. The quantitative estimate of drug-likeness (QED) is 0.714. The van der Waals surface area contributed by atoms with Crippen LogP contribution >= 0.6 is 0 Å². The number of aliphatic hydroxyl groups is 1. The average Bonchev–Trinajstić information content (AvgIpc) is 2.07. The number of hydrogen-bond acceptors (Lipinski definition) is 3. The molecule has 0 aliphatic carbocycles. The van der Waals surface area contributed by atoms with Gasteiger partial charge in [0, 0.05) is 0 Å². The molecule has 3 heteroatoms. The zero-order chi connectivity index (χ0) is 13.0. The Morgan fingerprint density at radius 1 is 1.06 bits per heavy atom. The Bertz CT molecular complexity index is 177. The molecule has 1 atom stereocenters. The van der Waals surface area contributed by atoms with Crippen molar-refractivity contribution in [3.63, 3.8) is 0 Å². The summed E-state index contributed by atoms with van der Waals surface area (Å²) in [6.07, 6.45) is 0.545. The number of aliphatic hydroxyl groups excluding tert-OH is 1. The van der Waals surface area contributed by atoms with E-state index >= 15 is 0 Å². The number of ether oxygens (including phenoxy) is 1. The molecule has 16 heavy (non-hydrogen) atoms. The number of rotatable bonds is 5. The molecule has 0 bridgehead atoms. The summed E-state index contributed by atoms with van der Waals surface area (Å²) >= 11 is 0. The minimum absolute atomic E-state index is 0.0312.